The van der Waals surface area contributed by atoms with Gasteiger partial charge in [0.1, 0.15) is 0 Å². The minimum Gasteiger partial charge on any atom is -0.346 e. The number of nitrogens with one attached hydrogen (secondary N) is 1. The molecule has 0 saturated heterocycles. The maximum Gasteiger partial charge on any atom is 0.251 e. The van der Waals surface area contributed by atoms with Gasteiger partial charge in [0.2, 0.25) is 0 Å². The lowest BCUT2D eigenvalue weighted by atomic mass is 10.1. The molecule has 146 valence electrons. The molecule has 1 atom stereocenters. The fraction of sp³-hybridized carbons (Fsp3) is 0.200. The first kappa shape index (κ1) is 18.9. The van der Waals surface area contributed by atoms with Crippen LogP contribution in [0.25, 0.3) is 10.9 Å². The van der Waals surface area contributed by atoms with Crippen LogP contribution in [0.5, 0.6) is 0 Å². The lowest BCUT2D eigenvalue weighted by Gasteiger charge is -2.15. The van der Waals surface area contributed by atoms with Gasteiger partial charge in [0.25, 0.3) is 5.91 Å². The summed E-state index contributed by atoms with van der Waals surface area (Å²) in [6, 6.07) is 22.4. The summed E-state index contributed by atoms with van der Waals surface area (Å²) < 4.78 is 1.94. The highest BCUT2D eigenvalue weighted by Crippen LogP contribution is 2.19. The van der Waals surface area contributed by atoms with Crippen molar-refractivity contribution in [3.63, 3.8) is 0 Å². The van der Waals surface area contributed by atoms with E-state index in [9.17, 15) is 4.79 Å². The van der Waals surface area contributed by atoms with Gasteiger partial charge in [0.05, 0.1) is 24.3 Å². The van der Waals surface area contributed by atoms with E-state index in [4.69, 9.17) is 0 Å². The van der Waals surface area contributed by atoms with Gasteiger partial charge in [-0.1, -0.05) is 65.7 Å². The SMILES string of the molecule is Cc1ccc(Cn2ncc3ccc(C(=O)NC(C)c4ccc(C)cc4)cc32)cc1. The molecule has 29 heavy (non-hydrogen) atoms. The quantitative estimate of drug-likeness (QED) is 0.515. The lowest BCUT2D eigenvalue weighted by molar-refractivity contribution is 0.0940. The molecule has 0 bridgehead atoms. The first-order chi connectivity index (χ1) is 14.0. The fourth-order valence-electron chi connectivity index (χ4n) is 3.42. The molecule has 0 radical (unpaired) electrons. The van der Waals surface area contributed by atoms with E-state index < -0.39 is 0 Å². The molecule has 0 aliphatic rings. The van der Waals surface area contributed by atoms with E-state index in [0.717, 1.165) is 16.5 Å². The summed E-state index contributed by atoms with van der Waals surface area (Å²) in [6.45, 7) is 6.81. The van der Waals surface area contributed by atoms with Crippen LogP contribution in [0.1, 0.15) is 45.6 Å². The molecule has 4 rings (SSSR count). The van der Waals surface area contributed by atoms with Crippen molar-refractivity contribution in [3.8, 4) is 0 Å². The summed E-state index contributed by atoms with van der Waals surface area (Å²) in [4.78, 5) is 12.8. The molecule has 0 saturated carbocycles. The van der Waals surface area contributed by atoms with Crippen LogP contribution in [0.15, 0.2) is 72.9 Å². The predicted molar refractivity (Wildman–Crippen MR) is 117 cm³/mol. The van der Waals surface area contributed by atoms with Crippen LogP contribution in [-0.2, 0) is 6.54 Å². The number of benzene rings is 3. The third kappa shape index (κ3) is 4.21. The summed E-state index contributed by atoms with van der Waals surface area (Å²) in [5.74, 6) is -0.0805. The number of aromatic nitrogens is 2. The maximum atomic E-state index is 12.8. The van der Waals surface area contributed by atoms with Crippen molar-refractivity contribution >= 4 is 16.8 Å². The van der Waals surface area contributed by atoms with Gasteiger partial charge < -0.3 is 5.32 Å². The van der Waals surface area contributed by atoms with Gasteiger partial charge in [-0.2, -0.15) is 5.10 Å². The normalized spacial score (nSPS) is 12.1. The van der Waals surface area contributed by atoms with E-state index in [2.05, 4.69) is 72.8 Å². The third-order valence-corrected chi connectivity index (χ3v) is 5.28. The van der Waals surface area contributed by atoms with E-state index >= 15 is 0 Å². The van der Waals surface area contributed by atoms with E-state index in [1.807, 2.05) is 36.0 Å². The van der Waals surface area contributed by atoms with Crippen LogP contribution in [0.2, 0.25) is 0 Å². The molecular weight excluding hydrogens is 358 g/mol. The zero-order valence-electron chi connectivity index (χ0n) is 17.0. The minimum absolute atomic E-state index is 0.0590. The molecule has 0 spiro atoms. The van der Waals surface area contributed by atoms with Gasteiger partial charge in [0.15, 0.2) is 0 Å². The van der Waals surface area contributed by atoms with E-state index in [0.29, 0.717) is 12.1 Å². The highest BCUT2D eigenvalue weighted by molar-refractivity contribution is 5.98. The van der Waals surface area contributed by atoms with Crippen molar-refractivity contribution in [2.24, 2.45) is 0 Å². The van der Waals surface area contributed by atoms with Gasteiger partial charge in [0, 0.05) is 10.9 Å². The largest absolute Gasteiger partial charge is 0.346 e. The smallest absolute Gasteiger partial charge is 0.251 e. The molecule has 0 aliphatic carbocycles. The number of amides is 1. The molecule has 0 fully saturated rings. The van der Waals surface area contributed by atoms with Gasteiger partial charge >= 0.3 is 0 Å². The minimum atomic E-state index is -0.0805. The van der Waals surface area contributed by atoms with Crippen molar-refractivity contribution in [2.45, 2.75) is 33.4 Å². The molecular formula is C25H25N3O. The highest BCUT2D eigenvalue weighted by atomic mass is 16.1. The van der Waals surface area contributed by atoms with Crippen molar-refractivity contribution in [2.75, 3.05) is 0 Å². The Hall–Kier alpha value is -3.40. The topological polar surface area (TPSA) is 46.9 Å². The molecule has 1 amide bonds. The standard InChI is InChI=1S/C25H25N3O/c1-17-4-8-20(9-5-17)16-28-24-14-22(12-13-23(24)15-26-28)25(29)27-19(3)21-10-6-18(2)7-11-21/h4-15,19H,16H2,1-3H3,(H,27,29). The van der Waals surface area contributed by atoms with E-state index in [-0.39, 0.29) is 11.9 Å². The van der Waals surface area contributed by atoms with E-state index in [1.165, 1.54) is 16.7 Å². The molecule has 4 nitrogen and oxygen atoms in total. The van der Waals surface area contributed by atoms with Crippen LogP contribution < -0.4 is 5.32 Å². The van der Waals surface area contributed by atoms with Crippen molar-refractivity contribution < 1.29 is 4.79 Å². The average molecular weight is 383 g/mol. The Morgan fingerprint density at radius 2 is 1.62 bits per heavy atom. The number of nitrogens with zero attached hydrogens (tertiary/aromatic N) is 2. The zero-order chi connectivity index (χ0) is 20.4. The second kappa shape index (κ2) is 7.92. The first-order valence-electron chi connectivity index (χ1n) is 9.88. The number of carbonyl (C=O) groups is 1. The molecule has 3 aromatic carbocycles. The average Bonchev–Trinajstić information content (AvgIpc) is 3.12. The predicted octanol–water partition coefficient (Wildman–Crippen LogP) is 5.19. The third-order valence-electron chi connectivity index (χ3n) is 5.28. The number of carbonyl (C=O) groups excluding carboxylic acids is 1. The molecule has 1 heterocycles. The number of hydrogen-bond acceptors (Lipinski definition) is 2. The van der Waals surface area contributed by atoms with Crippen molar-refractivity contribution in [1.29, 1.82) is 0 Å². The Morgan fingerprint density at radius 1 is 0.966 bits per heavy atom. The van der Waals surface area contributed by atoms with Crippen molar-refractivity contribution in [1.82, 2.24) is 15.1 Å². The van der Waals surface area contributed by atoms with Crippen LogP contribution >= 0.6 is 0 Å². The molecule has 1 unspecified atom stereocenters. The second-order valence-electron chi connectivity index (χ2n) is 7.67. The molecule has 0 aliphatic heterocycles. The molecule has 1 N–H and O–H groups in total. The molecule has 1 aromatic heterocycles. The van der Waals surface area contributed by atoms with Crippen LogP contribution in [-0.4, -0.2) is 15.7 Å². The van der Waals surface area contributed by atoms with Gasteiger partial charge in [-0.25, -0.2) is 0 Å². The number of fused-ring (bicyclic) bond motifs is 1. The Labute approximate surface area is 171 Å². The number of hydrogen-bond donors (Lipinski definition) is 1. The van der Waals surface area contributed by atoms with Gasteiger partial charge in [-0.05, 0) is 44.0 Å². The fourth-order valence-corrected chi connectivity index (χ4v) is 3.42. The Kier molecular flexibility index (Phi) is 5.17. The summed E-state index contributed by atoms with van der Waals surface area (Å²) in [5.41, 5.74) is 6.32. The van der Waals surface area contributed by atoms with E-state index in [1.54, 1.807) is 0 Å². The van der Waals surface area contributed by atoms with Gasteiger partial charge in [-0.3, -0.25) is 9.48 Å². The lowest BCUT2D eigenvalue weighted by Crippen LogP contribution is -2.26. The summed E-state index contributed by atoms with van der Waals surface area (Å²) >= 11 is 0. The number of aryl methyl sites for hydroxylation is 2. The molecule has 4 heteroatoms. The van der Waals surface area contributed by atoms with Crippen molar-refractivity contribution in [3.05, 3.63) is 101 Å². The van der Waals surface area contributed by atoms with Gasteiger partial charge in [-0.15, -0.1) is 0 Å². The second-order valence-corrected chi connectivity index (χ2v) is 7.67. The maximum absolute atomic E-state index is 12.8. The van der Waals surface area contributed by atoms with Crippen LogP contribution in [0.4, 0.5) is 0 Å². The highest BCUT2D eigenvalue weighted by Gasteiger charge is 2.13. The first-order valence-corrected chi connectivity index (χ1v) is 9.88. The zero-order valence-corrected chi connectivity index (χ0v) is 17.0. The monoisotopic (exact) mass is 383 g/mol. The Balaban J connectivity index is 1.55. The summed E-state index contributed by atoms with van der Waals surface area (Å²) in [7, 11) is 0. The Bertz CT molecular complexity index is 1140. The molecule has 4 aromatic rings. The number of rotatable bonds is 5. The van der Waals surface area contributed by atoms with Crippen LogP contribution in [0.3, 0.4) is 0 Å². The van der Waals surface area contributed by atoms with Crippen LogP contribution in [0, 0.1) is 13.8 Å². The Morgan fingerprint density at radius 3 is 2.31 bits per heavy atom. The summed E-state index contributed by atoms with van der Waals surface area (Å²) in [5, 5.41) is 8.64. The summed E-state index contributed by atoms with van der Waals surface area (Å²) in [6.07, 6.45) is 1.85.